The third-order valence-electron chi connectivity index (χ3n) is 5.86. The Kier molecular flexibility index (Phi) is 8.10. The normalized spacial score (nSPS) is 15.5. The van der Waals surface area contributed by atoms with Gasteiger partial charge in [-0.05, 0) is 71.1 Å². The highest BCUT2D eigenvalue weighted by Crippen LogP contribution is 2.39. The van der Waals surface area contributed by atoms with Crippen molar-refractivity contribution < 1.29 is 19.1 Å². The molecule has 0 aliphatic carbocycles. The van der Waals surface area contributed by atoms with Crippen molar-refractivity contribution >= 4 is 29.2 Å². The number of nitrogens with zero attached hydrogens (tertiary/aromatic N) is 3. The second kappa shape index (κ2) is 10.8. The number of benzene rings is 2. The van der Waals surface area contributed by atoms with Gasteiger partial charge in [0.15, 0.2) is 5.78 Å². The number of amides is 2. The number of ether oxygens (including phenoxy) is 1. The summed E-state index contributed by atoms with van der Waals surface area (Å²) >= 11 is 0. The first-order valence-corrected chi connectivity index (χ1v) is 11.8. The molecular formula is C27H35N3O4. The van der Waals surface area contributed by atoms with Gasteiger partial charge < -0.3 is 14.5 Å². The maximum atomic E-state index is 12.8. The number of carbonyl (C=O) groups is 3. The van der Waals surface area contributed by atoms with Crippen LogP contribution in [0.2, 0.25) is 0 Å². The van der Waals surface area contributed by atoms with Crippen molar-refractivity contribution in [2.45, 2.75) is 52.7 Å². The van der Waals surface area contributed by atoms with Crippen molar-refractivity contribution in [3.63, 3.8) is 0 Å². The zero-order valence-corrected chi connectivity index (χ0v) is 21.0. The highest BCUT2D eigenvalue weighted by atomic mass is 16.6. The molecule has 1 aliphatic rings. The smallest absolute Gasteiger partial charge is 0.414 e. The third-order valence-corrected chi connectivity index (χ3v) is 5.86. The van der Waals surface area contributed by atoms with Crippen molar-refractivity contribution in [2.24, 2.45) is 0 Å². The number of anilines is 2. The van der Waals surface area contributed by atoms with E-state index in [1.165, 1.54) is 6.92 Å². The molecule has 1 heterocycles. The molecule has 34 heavy (non-hydrogen) atoms. The average Bonchev–Trinajstić information content (AvgIpc) is 2.77. The summed E-state index contributed by atoms with van der Waals surface area (Å²) in [6, 6.07) is 13.1. The quantitative estimate of drug-likeness (QED) is 0.539. The van der Waals surface area contributed by atoms with E-state index in [2.05, 4.69) is 4.90 Å². The lowest BCUT2D eigenvalue weighted by atomic mass is 9.98. The van der Waals surface area contributed by atoms with Crippen LogP contribution in [0.4, 0.5) is 16.2 Å². The number of ketones is 1. The van der Waals surface area contributed by atoms with E-state index < -0.39 is 6.09 Å². The van der Waals surface area contributed by atoms with Gasteiger partial charge in [0.1, 0.15) is 0 Å². The maximum absolute atomic E-state index is 12.8. The largest absolute Gasteiger partial charge is 0.446 e. The summed E-state index contributed by atoms with van der Waals surface area (Å²) in [5.74, 6) is 0.0584. The monoisotopic (exact) mass is 465 g/mol. The second-order valence-electron chi connectivity index (χ2n) is 9.39. The Balaban J connectivity index is 1.90. The summed E-state index contributed by atoms with van der Waals surface area (Å²) in [6.07, 6.45) is 0.666. The molecule has 182 valence electrons. The molecule has 1 aliphatic heterocycles. The number of Topliss-reactive ketones (excluding diaryl/α,β-unsaturated/α-hetero) is 1. The highest BCUT2D eigenvalue weighted by Gasteiger charge is 2.34. The zero-order chi connectivity index (χ0) is 25.0. The number of hydrogen-bond acceptors (Lipinski definition) is 5. The predicted octanol–water partition coefficient (Wildman–Crippen LogP) is 4.98. The Bertz CT molecular complexity index is 1050. The van der Waals surface area contributed by atoms with Gasteiger partial charge in [0.25, 0.3) is 0 Å². The van der Waals surface area contributed by atoms with Gasteiger partial charge in [0.05, 0.1) is 23.5 Å². The molecule has 2 aromatic carbocycles. The zero-order valence-electron chi connectivity index (χ0n) is 21.0. The molecule has 0 bridgehead atoms. The molecule has 0 spiro atoms. The lowest BCUT2D eigenvalue weighted by Crippen LogP contribution is -2.51. The van der Waals surface area contributed by atoms with Gasteiger partial charge in [-0.2, -0.15) is 0 Å². The Morgan fingerprint density at radius 3 is 2.26 bits per heavy atom. The Labute approximate surface area is 202 Å². The summed E-state index contributed by atoms with van der Waals surface area (Å²) in [4.78, 5) is 43.1. The van der Waals surface area contributed by atoms with Crippen LogP contribution in [-0.4, -0.2) is 62.0 Å². The maximum Gasteiger partial charge on any atom is 0.414 e. The van der Waals surface area contributed by atoms with Crippen LogP contribution in [0.1, 0.15) is 50.9 Å². The van der Waals surface area contributed by atoms with E-state index in [9.17, 15) is 14.4 Å². The number of rotatable bonds is 7. The van der Waals surface area contributed by atoms with E-state index in [0.29, 0.717) is 29.9 Å². The Morgan fingerprint density at radius 1 is 1.03 bits per heavy atom. The lowest BCUT2D eigenvalue weighted by molar-refractivity contribution is -0.117. The molecule has 0 unspecified atom stereocenters. The molecule has 3 rings (SSSR count). The summed E-state index contributed by atoms with van der Waals surface area (Å²) < 4.78 is 5.47. The molecule has 0 aromatic heterocycles. The van der Waals surface area contributed by atoms with E-state index in [-0.39, 0.29) is 23.8 Å². The Hall–Kier alpha value is -3.19. The van der Waals surface area contributed by atoms with Crippen LogP contribution in [0.25, 0.3) is 11.1 Å². The number of hydrogen-bond donors (Lipinski definition) is 0. The van der Waals surface area contributed by atoms with E-state index in [1.54, 1.807) is 9.80 Å². The minimum absolute atomic E-state index is 0.0736. The summed E-state index contributed by atoms with van der Waals surface area (Å²) in [5, 5.41) is 0. The van der Waals surface area contributed by atoms with Crippen LogP contribution >= 0.6 is 0 Å². The first-order chi connectivity index (χ1) is 16.1. The summed E-state index contributed by atoms with van der Waals surface area (Å²) in [5.41, 5.74) is 3.84. The molecule has 0 saturated carbocycles. The van der Waals surface area contributed by atoms with E-state index in [4.69, 9.17) is 4.74 Å². The second-order valence-corrected chi connectivity index (χ2v) is 9.39. The number of fused-ring (bicyclic) bond motifs is 1. The first kappa shape index (κ1) is 25.4. The fraction of sp³-hybridized carbons (Fsp3) is 0.444. The van der Waals surface area contributed by atoms with Crippen LogP contribution in [0.15, 0.2) is 42.5 Å². The molecular weight excluding hydrogens is 430 g/mol. The van der Waals surface area contributed by atoms with Gasteiger partial charge in [-0.3, -0.25) is 14.5 Å². The van der Waals surface area contributed by atoms with Gasteiger partial charge in [-0.15, -0.1) is 0 Å². The average molecular weight is 466 g/mol. The number of carbonyl (C=O) groups excluding carboxylic acids is 3. The molecule has 1 atom stereocenters. The lowest BCUT2D eigenvalue weighted by Gasteiger charge is -2.40. The first-order valence-electron chi connectivity index (χ1n) is 11.8. The fourth-order valence-electron chi connectivity index (χ4n) is 4.27. The molecule has 0 radical (unpaired) electrons. The molecule has 7 nitrogen and oxygen atoms in total. The van der Waals surface area contributed by atoms with Gasteiger partial charge in [0, 0.05) is 25.5 Å². The van der Waals surface area contributed by atoms with Crippen LogP contribution in [-0.2, 0) is 9.53 Å². The highest BCUT2D eigenvalue weighted by molar-refractivity contribution is 6.03. The minimum atomic E-state index is -0.429. The van der Waals surface area contributed by atoms with E-state index in [1.807, 2.05) is 77.3 Å². The van der Waals surface area contributed by atoms with Crippen LogP contribution < -0.4 is 9.80 Å². The molecule has 0 saturated heterocycles. The van der Waals surface area contributed by atoms with Crippen molar-refractivity contribution in [1.82, 2.24) is 4.90 Å². The van der Waals surface area contributed by atoms with Crippen LogP contribution in [0.3, 0.4) is 0 Å². The molecule has 0 fully saturated rings. The molecule has 7 heteroatoms. The van der Waals surface area contributed by atoms with E-state index >= 15 is 0 Å². The molecule has 2 amide bonds. The Morgan fingerprint density at radius 2 is 1.68 bits per heavy atom. The minimum Gasteiger partial charge on any atom is -0.446 e. The fourth-order valence-corrected chi connectivity index (χ4v) is 4.27. The van der Waals surface area contributed by atoms with Gasteiger partial charge in [0.2, 0.25) is 5.91 Å². The van der Waals surface area contributed by atoms with Crippen molar-refractivity contribution in [2.75, 3.05) is 37.0 Å². The topological polar surface area (TPSA) is 70.2 Å². The summed E-state index contributed by atoms with van der Waals surface area (Å²) in [6.45, 7) is 8.31. The molecule has 2 aromatic rings. The van der Waals surface area contributed by atoms with Gasteiger partial charge in [-0.25, -0.2) is 4.79 Å². The standard InChI is InChI=1S/C27H35N3O4/c1-18(2)34-27(33)29-17-19(3)30(20(4)31)24-14-13-23(16-25(24)29)21-9-11-22(12-10-21)26(32)8-7-15-28(5)6/h9-14,16,18-19H,7-8,15,17H2,1-6H3/t19-/m0/s1. The van der Waals surface area contributed by atoms with Gasteiger partial charge >= 0.3 is 6.09 Å². The van der Waals surface area contributed by atoms with Gasteiger partial charge in [-0.1, -0.05) is 30.3 Å². The van der Waals surface area contributed by atoms with Crippen LogP contribution in [0.5, 0.6) is 0 Å². The van der Waals surface area contributed by atoms with Crippen molar-refractivity contribution in [3.8, 4) is 11.1 Å². The van der Waals surface area contributed by atoms with E-state index in [0.717, 1.165) is 24.1 Å². The predicted molar refractivity (Wildman–Crippen MR) is 136 cm³/mol. The van der Waals surface area contributed by atoms with Crippen molar-refractivity contribution in [1.29, 1.82) is 0 Å². The third kappa shape index (κ3) is 5.83. The molecule has 0 N–H and O–H groups in total. The SMILES string of the molecule is CC(=O)N1c2ccc(-c3ccc(C(=O)CCCN(C)C)cc3)cc2N(C(=O)OC(C)C)C[C@@H]1C. The van der Waals surface area contributed by atoms with Crippen LogP contribution in [0, 0.1) is 0 Å². The van der Waals surface area contributed by atoms with Crippen molar-refractivity contribution in [3.05, 3.63) is 48.0 Å². The summed E-state index contributed by atoms with van der Waals surface area (Å²) in [7, 11) is 4.00.